The summed E-state index contributed by atoms with van der Waals surface area (Å²) in [4.78, 5) is 0. The van der Waals surface area contributed by atoms with Crippen LogP contribution in [0.15, 0.2) is 0 Å². The van der Waals surface area contributed by atoms with Crippen LogP contribution in [-0.2, 0) is 0 Å². The van der Waals surface area contributed by atoms with Gasteiger partial charge in [-0.1, -0.05) is 27.7 Å². The third-order valence-corrected chi connectivity index (χ3v) is 0. The van der Waals surface area contributed by atoms with Crippen LogP contribution < -0.4 is 0 Å². The molecule has 0 N–H and O–H groups in total. The molecule has 0 aliphatic rings. The standard InChI is InChI=1S/2C2H6.ClH/c2*1-2;/h2*1-2H3;1H. The molecule has 0 aromatic rings. The summed E-state index contributed by atoms with van der Waals surface area (Å²) in [5, 5.41) is 0. The number of rotatable bonds is 0. The SMILES string of the molecule is CC.CC.Cl. The highest BCUT2D eigenvalue weighted by atomic mass is 35.5. The van der Waals surface area contributed by atoms with Gasteiger partial charge in [0.05, 0.1) is 0 Å². The zero-order chi connectivity index (χ0) is 4.00. The Morgan fingerprint density at radius 1 is 0.600 bits per heavy atom. The Balaban J connectivity index is -0.0000000133. The summed E-state index contributed by atoms with van der Waals surface area (Å²) < 4.78 is 0. The van der Waals surface area contributed by atoms with Crippen LogP contribution in [0.5, 0.6) is 0 Å². The quantitative estimate of drug-likeness (QED) is 0.435. The van der Waals surface area contributed by atoms with Crippen molar-refractivity contribution in [2.24, 2.45) is 0 Å². The summed E-state index contributed by atoms with van der Waals surface area (Å²) in [5.74, 6) is 0. The van der Waals surface area contributed by atoms with Crippen LogP contribution in [0.4, 0.5) is 0 Å². The van der Waals surface area contributed by atoms with Crippen molar-refractivity contribution in [2.45, 2.75) is 27.7 Å². The minimum Gasteiger partial charge on any atom is -0.147 e. The lowest BCUT2D eigenvalue weighted by molar-refractivity contribution is 1.50. The van der Waals surface area contributed by atoms with Crippen LogP contribution in [0.1, 0.15) is 27.7 Å². The van der Waals surface area contributed by atoms with Gasteiger partial charge in [0, 0.05) is 0 Å². The molecular formula is C4H13Cl. The fourth-order valence-electron chi connectivity index (χ4n) is 0. The predicted molar refractivity (Wildman–Crippen MR) is 29.9 cm³/mol. The second kappa shape index (κ2) is 552. The Morgan fingerprint density at radius 2 is 0.600 bits per heavy atom. The molecule has 0 saturated carbocycles. The van der Waals surface area contributed by atoms with Crippen LogP contribution in [-0.4, -0.2) is 0 Å². The van der Waals surface area contributed by atoms with Crippen LogP contribution in [0.2, 0.25) is 0 Å². The van der Waals surface area contributed by atoms with Crippen molar-refractivity contribution < 1.29 is 0 Å². The van der Waals surface area contributed by atoms with Gasteiger partial charge in [-0.25, -0.2) is 0 Å². The predicted octanol–water partition coefficient (Wildman–Crippen LogP) is 2.47. The van der Waals surface area contributed by atoms with Crippen LogP contribution in [0, 0.1) is 0 Å². The Bertz CT molecular complexity index is 3.61. The molecule has 0 bridgehead atoms. The van der Waals surface area contributed by atoms with Gasteiger partial charge in [-0.15, -0.1) is 12.4 Å². The van der Waals surface area contributed by atoms with Crippen molar-refractivity contribution in [3.05, 3.63) is 0 Å². The molecule has 0 heterocycles. The summed E-state index contributed by atoms with van der Waals surface area (Å²) in [5.41, 5.74) is 0. The van der Waals surface area contributed by atoms with Gasteiger partial charge in [0.1, 0.15) is 0 Å². The van der Waals surface area contributed by atoms with Gasteiger partial charge in [-0.05, 0) is 0 Å². The van der Waals surface area contributed by atoms with Crippen molar-refractivity contribution in [2.75, 3.05) is 0 Å². The molecule has 5 heavy (non-hydrogen) atoms. The maximum atomic E-state index is 2.00. The molecule has 0 unspecified atom stereocenters. The summed E-state index contributed by atoms with van der Waals surface area (Å²) >= 11 is 0. The maximum Gasteiger partial charge on any atom is -0.0683 e. The summed E-state index contributed by atoms with van der Waals surface area (Å²) in [6.45, 7) is 8.00. The monoisotopic (exact) mass is 96.1 g/mol. The smallest absolute Gasteiger partial charge is 0.0683 e. The molecular weight excluding hydrogens is 83.5 g/mol. The first-order valence-corrected chi connectivity index (χ1v) is 2.00. The summed E-state index contributed by atoms with van der Waals surface area (Å²) in [7, 11) is 0. The lowest BCUT2D eigenvalue weighted by Crippen LogP contribution is -0.856. The average Bonchev–Trinajstić information content (AvgIpc) is 1.50. The molecule has 0 radical (unpaired) electrons. The van der Waals surface area contributed by atoms with Gasteiger partial charge in [-0.3, -0.25) is 0 Å². The highest BCUT2D eigenvalue weighted by Gasteiger charge is 0.934. The fraction of sp³-hybridized carbons (Fsp3) is 1.00. The summed E-state index contributed by atoms with van der Waals surface area (Å²) in [6, 6.07) is 0. The van der Waals surface area contributed by atoms with E-state index in [4.69, 9.17) is 0 Å². The zero-order valence-electron chi connectivity index (χ0n) is 4.41. The van der Waals surface area contributed by atoms with E-state index in [1.807, 2.05) is 27.7 Å². The first kappa shape index (κ1) is 18.6. The summed E-state index contributed by atoms with van der Waals surface area (Å²) in [6.07, 6.45) is 0. The Kier molecular flexibility index (Phi) is 2050. The number of hydrogen-bond donors (Lipinski definition) is 0. The van der Waals surface area contributed by atoms with E-state index in [9.17, 15) is 0 Å². The van der Waals surface area contributed by atoms with E-state index in [1.165, 1.54) is 0 Å². The maximum absolute atomic E-state index is 2.00. The van der Waals surface area contributed by atoms with Crippen molar-refractivity contribution in [1.82, 2.24) is 0 Å². The lowest BCUT2D eigenvalue weighted by atomic mass is 11.0. The largest absolute Gasteiger partial charge is 0.147 e. The molecule has 0 fully saturated rings. The van der Waals surface area contributed by atoms with Crippen molar-refractivity contribution in [3.8, 4) is 0 Å². The van der Waals surface area contributed by atoms with Gasteiger partial charge >= 0.3 is 0 Å². The van der Waals surface area contributed by atoms with Crippen LogP contribution in [0.3, 0.4) is 0 Å². The highest BCUT2D eigenvalue weighted by molar-refractivity contribution is 5.85. The normalized spacial score (nSPS) is 2.40. The van der Waals surface area contributed by atoms with Crippen LogP contribution >= 0.6 is 12.4 Å². The van der Waals surface area contributed by atoms with Gasteiger partial charge in [-0.2, -0.15) is 0 Å². The van der Waals surface area contributed by atoms with E-state index >= 15 is 0 Å². The first-order chi connectivity index (χ1) is 2.00. The van der Waals surface area contributed by atoms with Gasteiger partial charge in [0.15, 0.2) is 0 Å². The van der Waals surface area contributed by atoms with E-state index in [2.05, 4.69) is 0 Å². The van der Waals surface area contributed by atoms with Crippen molar-refractivity contribution in [3.63, 3.8) is 0 Å². The number of halogens is 1. The first-order valence-electron chi connectivity index (χ1n) is 2.00. The molecule has 0 aliphatic heterocycles. The van der Waals surface area contributed by atoms with Crippen molar-refractivity contribution in [1.29, 1.82) is 0 Å². The minimum absolute atomic E-state index is 0. The van der Waals surface area contributed by atoms with E-state index < -0.39 is 0 Å². The molecule has 0 spiro atoms. The van der Waals surface area contributed by atoms with Gasteiger partial charge < -0.3 is 0 Å². The van der Waals surface area contributed by atoms with E-state index in [0.717, 1.165) is 0 Å². The lowest BCUT2D eigenvalue weighted by Gasteiger charge is -1.07. The zero-order valence-corrected chi connectivity index (χ0v) is 5.22. The second-order valence-corrected chi connectivity index (χ2v) is 0. The molecule has 0 saturated heterocycles. The second-order valence-electron chi connectivity index (χ2n) is 0. The highest BCUT2D eigenvalue weighted by Crippen LogP contribution is 1.15. The Morgan fingerprint density at radius 3 is 0.600 bits per heavy atom. The molecule has 36 valence electrons. The molecule has 0 aliphatic carbocycles. The van der Waals surface area contributed by atoms with E-state index in [-0.39, 0.29) is 12.4 Å². The molecule has 0 rings (SSSR count). The molecule has 0 amide bonds. The van der Waals surface area contributed by atoms with Crippen molar-refractivity contribution >= 4 is 12.4 Å². The molecule has 0 aromatic heterocycles. The molecule has 0 aromatic carbocycles. The molecule has 0 atom stereocenters. The van der Waals surface area contributed by atoms with E-state index in [0.29, 0.717) is 0 Å². The van der Waals surface area contributed by atoms with Gasteiger partial charge in [0.2, 0.25) is 0 Å². The number of hydrogen-bond acceptors (Lipinski definition) is 0. The van der Waals surface area contributed by atoms with Crippen LogP contribution in [0.25, 0.3) is 0 Å². The topological polar surface area (TPSA) is 0 Å². The minimum atomic E-state index is 0. The Hall–Kier alpha value is 0.290. The molecule has 0 nitrogen and oxygen atoms in total. The van der Waals surface area contributed by atoms with Gasteiger partial charge in [0.25, 0.3) is 0 Å². The third-order valence-electron chi connectivity index (χ3n) is 0. The average molecular weight is 96.6 g/mol. The Labute approximate surface area is 41.0 Å². The fourth-order valence-corrected chi connectivity index (χ4v) is 0. The van der Waals surface area contributed by atoms with E-state index in [1.54, 1.807) is 0 Å². The molecule has 1 heteroatoms. The third kappa shape index (κ3) is 268.